The number of sulfone groups is 3. The number of esters is 1. The molecular formula is C13H12F4O10S3. The lowest BCUT2D eigenvalue weighted by Crippen LogP contribution is -2.58. The van der Waals surface area contributed by atoms with Gasteiger partial charge >= 0.3 is 23.1 Å². The largest absolute Gasteiger partial charge is 0.478 e. The van der Waals surface area contributed by atoms with E-state index in [4.69, 9.17) is 5.11 Å². The Labute approximate surface area is 167 Å². The molecule has 17 heteroatoms. The molecule has 30 heavy (non-hydrogen) atoms. The lowest BCUT2D eigenvalue weighted by Gasteiger charge is -2.27. The molecule has 1 rings (SSSR count). The van der Waals surface area contributed by atoms with Crippen LogP contribution < -0.4 is 4.74 Å². The van der Waals surface area contributed by atoms with Gasteiger partial charge in [-0.15, -0.1) is 0 Å². The Kier molecular flexibility index (Phi) is 6.67. The molecule has 1 aromatic carbocycles. The predicted octanol–water partition coefficient (Wildman–Crippen LogP) is 0.306. The van der Waals surface area contributed by atoms with Crippen molar-refractivity contribution in [3.05, 3.63) is 29.8 Å². The molecule has 0 amide bonds. The number of halogens is 4. The highest BCUT2D eigenvalue weighted by Gasteiger charge is 2.75. The summed E-state index contributed by atoms with van der Waals surface area (Å²) in [6.07, 6.45) is -0.210. The average Bonchev–Trinajstić information content (AvgIpc) is 2.51. The summed E-state index contributed by atoms with van der Waals surface area (Å²) in [4.78, 5) is 22.6. The fraction of sp³-hybridized carbons (Fsp3) is 0.385. The lowest BCUT2D eigenvalue weighted by molar-refractivity contribution is -0.194. The van der Waals surface area contributed by atoms with Gasteiger partial charge in [-0.1, -0.05) is 12.1 Å². The number of carbonyl (C=O) groups excluding carboxylic acids is 1. The number of ether oxygens (including phenoxy) is 1. The molecule has 0 saturated heterocycles. The monoisotopic (exact) mass is 500 g/mol. The van der Waals surface area contributed by atoms with Gasteiger partial charge in [0.05, 0.1) is 0 Å². The molecule has 1 N–H and O–H groups in total. The van der Waals surface area contributed by atoms with Crippen molar-refractivity contribution in [2.24, 2.45) is 0 Å². The molecule has 0 atom stereocenters. The minimum absolute atomic E-state index is 0.105. The third kappa shape index (κ3) is 4.56. The molecule has 0 aliphatic rings. The van der Waals surface area contributed by atoms with Crippen LogP contribution in [0.25, 0.3) is 0 Å². The van der Waals surface area contributed by atoms with Crippen LogP contribution in [0.1, 0.15) is 10.4 Å². The third-order valence-electron chi connectivity index (χ3n) is 3.25. The average molecular weight is 500 g/mol. The Morgan fingerprint density at radius 3 is 1.77 bits per heavy atom. The molecule has 0 radical (unpaired) electrons. The van der Waals surface area contributed by atoms with Crippen LogP contribution in [0, 0.1) is 0 Å². The highest BCUT2D eigenvalue weighted by molar-refractivity contribution is 8.24. The van der Waals surface area contributed by atoms with Crippen LogP contribution in [-0.2, 0) is 34.3 Å². The van der Waals surface area contributed by atoms with Gasteiger partial charge < -0.3 is 9.84 Å². The Hall–Kier alpha value is -2.27. The highest BCUT2D eigenvalue weighted by Crippen LogP contribution is 2.43. The smallest absolute Gasteiger partial charge is 0.420 e. The Balaban J connectivity index is 3.56. The first-order chi connectivity index (χ1) is 13.2. The van der Waals surface area contributed by atoms with Crippen LogP contribution in [0.2, 0.25) is 0 Å². The van der Waals surface area contributed by atoms with E-state index in [0.717, 1.165) is 18.2 Å². The first-order valence-corrected chi connectivity index (χ1v) is 12.6. The van der Waals surface area contributed by atoms with Crippen molar-refractivity contribution in [2.75, 3.05) is 12.5 Å². The van der Waals surface area contributed by atoms with E-state index in [1.54, 1.807) is 0 Å². The maximum Gasteiger partial charge on any atom is 0.420 e. The maximum atomic E-state index is 14.2. The Morgan fingerprint density at radius 1 is 0.933 bits per heavy atom. The number of carbonyl (C=O) groups is 2. The highest BCUT2D eigenvalue weighted by atomic mass is 32.3. The number of carboxylic acid groups (broad SMARTS) is 1. The number of benzene rings is 1. The van der Waals surface area contributed by atoms with Gasteiger partial charge in [0.25, 0.3) is 13.8 Å². The van der Waals surface area contributed by atoms with E-state index in [9.17, 15) is 52.4 Å². The van der Waals surface area contributed by atoms with E-state index in [1.165, 1.54) is 0 Å². The first-order valence-electron chi connectivity index (χ1n) is 7.10. The lowest BCUT2D eigenvalue weighted by atomic mass is 10.2. The summed E-state index contributed by atoms with van der Waals surface area (Å²) in [6.45, 7) is 0. The number of hydrogen-bond acceptors (Lipinski definition) is 9. The summed E-state index contributed by atoms with van der Waals surface area (Å²) in [5.41, 5.74) is -0.932. The fourth-order valence-corrected chi connectivity index (χ4v) is 9.72. The molecule has 0 aliphatic heterocycles. The molecule has 1 aromatic rings. The summed E-state index contributed by atoms with van der Waals surface area (Å²) >= 11 is 0. The minimum atomic E-state index is -7.11. The molecule has 0 aromatic heterocycles. The van der Waals surface area contributed by atoms with E-state index >= 15 is 0 Å². The molecule has 0 aliphatic carbocycles. The topological polar surface area (TPSA) is 166 Å². The molecular weight excluding hydrogens is 488 g/mol. The zero-order valence-electron chi connectivity index (χ0n) is 14.7. The van der Waals surface area contributed by atoms with Crippen LogP contribution in [0.3, 0.4) is 0 Å². The second kappa shape index (κ2) is 7.77. The summed E-state index contributed by atoms with van der Waals surface area (Å²) in [5, 5.41) is 2.29. The van der Waals surface area contributed by atoms with E-state index < -0.39 is 67.9 Å². The summed E-state index contributed by atoms with van der Waals surface area (Å²) in [5.74, 6) is -12.6. The summed E-state index contributed by atoms with van der Waals surface area (Å²) in [7, 11) is -18.0. The first kappa shape index (κ1) is 25.8. The Morgan fingerprint density at radius 2 is 1.37 bits per heavy atom. The molecule has 10 nitrogen and oxygen atoms in total. The molecule has 0 spiro atoms. The van der Waals surface area contributed by atoms with Crippen molar-refractivity contribution in [1.29, 1.82) is 0 Å². The van der Waals surface area contributed by atoms with E-state index in [2.05, 4.69) is 4.74 Å². The van der Waals surface area contributed by atoms with Crippen LogP contribution in [-0.4, -0.2) is 69.9 Å². The van der Waals surface area contributed by atoms with Crippen molar-refractivity contribution in [3.8, 4) is 5.75 Å². The van der Waals surface area contributed by atoms with Crippen molar-refractivity contribution < 1.29 is 62.2 Å². The number of alkyl halides is 4. The zero-order valence-corrected chi connectivity index (χ0v) is 17.2. The predicted molar refractivity (Wildman–Crippen MR) is 91.3 cm³/mol. The number of carboxylic acids is 1. The number of rotatable bonds is 8. The van der Waals surface area contributed by atoms with Gasteiger partial charge in [-0.3, -0.25) is 0 Å². The maximum absolute atomic E-state index is 14.2. The summed E-state index contributed by atoms with van der Waals surface area (Å²) < 4.78 is 126. The van der Waals surface area contributed by atoms with Gasteiger partial charge in [-0.25, -0.2) is 34.8 Å². The number of aromatic carboxylic acids is 1. The molecule has 0 bridgehead atoms. The van der Waals surface area contributed by atoms with Gasteiger partial charge in [-0.05, 0) is 12.1 Å². The number of hydrogen-bond donors (Lipinski definition) is 1. The van der Waals surface area contributed by atoms with Gasteiger partial charge in [0.1, 0.15) is 11.3 Å². The molecule has 0 saturated carbocycles. The summed E-state index contributed by atoms with van der Waals surface area (Å²) in [6, 6.07) is 3.37. The van der Waals surface area contributed by atoms with Gasteiger partial charge in [0.15, 0.2) is 19.7 Å². The standard InChI is InChI=1S/C13H12F4O10S3/c1-28(21,22)11(29(2,23)24)30(25,26)13(16,17)12(14,15)10(20)27-8-6-4-3-5-7(8)9(18)19/h3-6,11H,1-2H3,(H,18,19). The second-order valence-electron chi connectivity index (χ2n) is 5.77. The van der Waals surface area contributed by atoms with Crippen molar-refractivity contribution in [3.63, 3.8) is 0 Å². The quantitative estimate of drug-likeness (QED) is 0.298. The molecule has 0 fully saturated rings. The molecule has 170 valence electrons. The van der Waals surface area contributed by atoms with E-state index in [1.807, 2.05) is 0 Å². The third-order valence-corrected chi connectivity index (χ3v) is 11.8. The zero-order chi connectivity index (χ0) is 23.9. The van der Waals surface area contributed by atoms with Crippen molar-refractivity contribution in [2.45, 2.75) is 15.1 Å². The van der Waals surface area contributed by atoms with Crippen LogP contribution in [0.5, 0.6) is 5.75 Å². The SMILES string of the molecule is CS(=O)(=O)C(S(C)(=O)=O)S(=O)(=O)C(F)(F)C(F)(F)C(=O)Oc1ccccc1C(=O)O. The van der Waals surface area contributed by atoms with Crippen LogP contribution in [0.15, 0.2) is 24.3 Å². The Bertz CT molecular complexity index is 1160. The second-order valence-corrected chi connectivity index (χ2v) is 13.0. The van der Waals surface area contributed by atoms with Gasteiger partial charge in [0, 0.05) is 12.5 Å². The van der Waals surface area contributed by atoms with Gasteiger partial charge in [0.2, 0.25) is 0 Å². The fourth-order valence-electron chi connectivity index (χ4n) is 2.09. The van der Waals surface area contributed by atoms with Crippen LogP contribution in [0.4, 0.5) is 17.6 Å². The molecule has 0 unspecified atom stereocenters. The molecule has 0 heterocycles. The van der Waals surface area contributed by atoms with Crippen molar-refractivity contribution in [1.82, 2.24) is 0 Å². The van der Waals surface area contributed by atoms with E-state index in [0.29, 0.717) is 6.07 Å². The van der Waals surface area contributed by atoms with Crippen molar-refractivity contribution >= 4 is 41.5 Å². The number of para-hydroxylation sites is 1. The minimum Gasteiger partial charge on any atom is -0.478 e. The van der Waals surface area contributed by atoms with Gasteiger partial charge in [-0.2, -0.15) is 17.6 Å². The van der Waals surface area contributed by atoms with E-state index in [-0.39, 0.29) is 12.5 Å². The normalized spacial score (nSPS) is 13.8. The van der Waals surface area contributed by atoms with Crippen LogP contribution >= 0.6 is 0 Å².